The summed E-state index contributed by atoms with van der Waals surface area (Å²) in [5.41, 5.74) is 1.91. The molecular weight excluding hydrogens is 360 g/mol. The van der Waals surface area contributed by atoms with Crippen LogP contribution >= 0.6 is 11.8 Å². The van der Waals surface area contributed by atoms with Crippen LogP contribution in [0.1, 0.15) is 5.56 Å². The Balaban J connectivity index is 1.99. The largest absolute Gasteiger partial charge is 0.497 e. The van der Waals surface area contributed by atoms with Gasteiger partial charge in [-0.15, -0.1) is 6.58 Å². The molecule has 3 rings (SSSR count). The van der Waals surface area contributed by atoms with Gasteiger partial charge in [-0.25, -0.2) is 9.89 Å². The van der Waals surface area contributed by atoms with E-state index < -0.39 is 0 Å². The van der Waals surface area contributed by atoms with Gasteiger partial charge in [-0.2, -0.15) is 0 Å². The van der Waals surface area contributed by atoms with E-state index in [1.54, 1.807) is 31.3 Å². The number of hydrogen-bond donors (Lipinski definition) is 0. The van der Waals surface area contributed by atoms with Crippen molar-refractivity contribution in [1.82, 2.24) is 0 Å². The lowest BCUT2D eigenvalue weighted by Gasteiger charge is -2.19. The van der Waals surface area contributed by atoms with Gasteiger partial charge in [-0.3, -0.25) is 4.79 Å². The summed E-state index contributed by atoms with van der Waals surface area (Å²) in [5.74, 6) is 1.83. The number of ether oxygens (including phenoxy) is 2. The average molecular weight is 380 g/mol. The molecule has 138 valence electrons. The summed E-state index contributed by atoms with van der Waals surface area (Å²) in [6.07, 6.45) is 3.55. The summed E-state index contributed by atoms with van der Waals surface area (Å²) in [6, 6.07) is 14.9. The van der Waals surface area contributed by atoms with Crippen LogP contribution < -0.4 is 14.4 Å². The summed E-state index contributed by atoms with van der Waals surface area (Å²) in [7, 11) is 3.20. The van der Waals surface area contributed by atoms with Crippen molar-refractivity contribution in [3.8, 4) is 11.5 Å². The second kappa shape index (κ2) is 8.60. The molecule has 5 nitrogen and oxygen atoms in total. The molecule has 0 saturated heterocycles. The van der Waals surface area contributed by atoms with E-state index in [0.29, 0.717) is 28.1 Å². The fourth-order valence-electron chi connectivity index (χ4n) is 2.61. The predicted molar refractivity (Wildman–Crippen MR) is 112 cm³/mol. The molecule has 0 bridgehead atoms. The minimum Gasteiger partial charge on any atom is -0.497 e. The molecule has 0 aromatic heterocycles. The Morgan fingerprint density at radius 2 is 1.85 bits per heavy atom. The highest BCUT2D eigenvalue weighted by molar-refractivity contribution is 8.14. The van der Waals surface area contributed by atoms with Crippen molar-refractivity contribution in [2.24, 2.45) is 4.99 Å². The Labute approximate surface area is 163 Å². The average Bonchev–Trinajstić information content (AvgIpc) is 3.01. The number of rotatable bonds is 6. The highest BCUT2D eigenvalue weighted by atomic mass is 32.2. The Bertz CT molecular complexity index is 904. The van der Waals surface area contributed by atoms with Crippen molar-refractivity contribution in [2.45, 2.75) is 0 Å². The number of hydrogen-bond acceptors (Lipinski definition) is 5. The zero-order valence-electron chi connectivity index (χ0n) is 15.2. The standard InChI is InChI=1S/C21H20N2O3S/c1-4-13-27-21-22-17(14-15-9-11-16(25-2)12-10-15)20(24)23(21)18-7-5-6-8-19(18)26-3/h4-12,14H,1,13H2,2-3H3. The highest BCUT2D eigenvalue weighted by Gasteiger charge is 2.33. The molecule has 1 heterocycles. The van der Waals surface area contributed by atoms with Crippen LogP contribution in [0.5, 0.6) is 11.5 Å². The number of aliphatic imine (C=N–C) groups is 1. The lowest BCUT2D eigenvalue weighted by molar-refractivity contribution is -0.113. The van der Waals surface area contributed by atoms with Gasteiger partial charge in [-0.05, 0) is 35.9 Å². The number of methoxy groups -OCH3 is 2. The number of carbonyl (C=O) groups is 1. The van der Waals surface area contributed by atoms with Crippen LogP contribution in [0.4, 0.5) is 5.69 Å². The predicted octanol–water partition coefficient (Wildman–Crippen LogP) is 4.37. The van der Waals surface area contributed by atoms with Crippen LogP contribution in [0.15, 0.2) is 71.9 Å². The third kappa shape index (κ3) is 4.06. The molecule has 0 unspecified atom stereocenters. The van der Waals surface area contributed by atoms with Gasteiger partial charge in [0.1, 0.15) is 17.2 Å². The molecule has 1 aliphatic heterocycles. The SMILES string of the molecule is C=CCSC1=NC(=Cc2ccc(OC)cc2)C(=O)N1c1ccccc1OC. The molecule has 6 heteroatoms. The van der Waals surface area contributed by atoms with E-state index in [2.05, 4.69) is 11.6 Å². The van der Waals surface area contributed by atoms with Gasteiger partial charge in [0.25, 0.3) is 5.91 Å². The van der Waals surface area contributed by atoms with Gasteiger partial charge in [-0.1, -0.05) is 42.1 Å². The molecule has 0 fully saturated rings. The van der Waals surface area contributed by atoms with Gasteiger partial charge in [0.15, 0.2) is 5.17 Å². The minimum atomic E-state index is -0.193. The number of benzene rings is 2. The zero-order valence-corrected chi connectivity index (χ0v) is 16.0. The van der Waals surface area contributed by atoms with Crippen molar-refractivity contribution < 1.29 is 14.3 Å². The zero-order chi connectivity index (χ0) is 19.2. The van der Waals surface area contributed by atoms with Crippen molar-refractivity contribution in [3.05, 3.63) is 72.4 Å². The number of amidine groups is 1. The van der Waals surface area contributed by atoms with E-state index in [9.17, 15) is 4.79 Å². The first-order valence-electron chi connectivity index (χ1n) is 8.33. The summed E-state index contributed by atoms with van der Waals surface area (Å²) in [4.78, 5) is 19.2. The van der Waals surface area contributed by atoms with E-state index in [4.69, 9.17) is 9.47 Å². The molecule has 0 aliphatic carbocycles. The molecule has 0 saturated carbocycles. The summed E-state index contributed by atoms with van der Waals surface area (Å²) in [6.45, 7) is 3.74. The molecule has 27 heavy (non-hydrogen) atoms. The van der Waals surface area contributed by atoms with Gasteiger partial charge in [0.2, 0.25) is 0 Å². The van der Waals surface area contributed by atoms with Crippen molar-refractivity contribution in [3.63, 3.8) is 0 Å². The molecule has 1 aliphatic rings. The van der Waals surface area contributed by atoms with Crippen molar-refractivity contribution in [2.75, 3.05) is 24.9 Å². The highest BCUT2D eigenvalue weighted by Crippen LogP contribution is 2.35. The first-order valence-corrected chi connectivity index (χ1v) is 9.32. The first kappa shape index (κ1) is 18.8. The fraction of sp³-hybridized carbons (Fsp3) is 0.143. The van der Waals surface area contributed by atoms with E-state index in [1.807, 2.05) is 48.5 Å². The molecule has 0 atom stereocenters. The maximum Gasteiger partial charge on any atom is 0.283 e. The number of amides is 1. The molecule has 0 spiro atoms. The smallest absolute Gasteiger partial charge is 0.283 e. The first-order chi connectivity index (χ1) is 13.2. The number of nitrogens with zero attached hydrogens (tertiary/aromatic N) is 2. The maximum atomic E-state index is 13.1. The summed E-state index contributed by atoms with van der Waals surface area (Å²) >= 11 is 1.45. The molecule has 2 aromatic rings. The van der Waals surface area contributed by atoms with Gasteiger partial charge < -0.3 is 9.47 Å². The summed E-state index contributed by atoms with van der Waals surface area (Å²) in [5, 5.41) is 0.601. The second-order valence-corrected chi connectivity index (χ2v) is 6.60. The van der Waals surface area contributed by atoms with Crippen LogP contribution in [0, 0.1) is 0 Å². The van der Waals surface area contributed by atoms with Gasteiger partial charge >= 0.3 is 0 Å². The third-order valence-corrected chi connectivity index (χ3v) is 4.84. The van der Waals surface area contributed by atoms with Crippen LogP contribution in [-0.4, -0.2) is 31.0 Å². The summed E-state index contributed by atoms with van der Waals surface area (Å²) < 4.78 is 10.6. The van der Waals surface area contributed by atoms with Crippen LogP contribution in [0.25, 0.3) is 6.08 Å². The number of para-hydroxylation sites is 2. The lowest BCUT2D eigenvalue weighted by atomic mass is 10.2. The Morgan fingerprint density at radius 1 is 1.11 bits per heavy atom. The Kier molecular flexibility index (Phi) is 5.98. The van der Waals surface area contributed by atoms with Gasteiger partial charge in [0, 0.05) is 5.75 Å². The lowest BCUT2D eigenvalue weighted by Crippen LogP contribution is -2.30. The topological polar surface area (TPSA) is 51.1 Å². The number of anilines is 1. The van der Waals surface area contributed by atoms with Crippen molar-refractivity contribution in [1.29, 1.82) is 0 Å². The van der Waals surface area contributed by atoms with E-state index in [0.717, 1.165) is 11.3 Å². The quantitative estimate of drug-likeness (QED) is 0.552. The maximum absolute atomic E-state index is 13.1. The van der Waals surface area contributed by atoms with E-state index in [1.165, 1.54) is 11.8 Å². The van der Waals surface area contributed by atoms with Crippen LogP contribution in [0.3, 0.4) is 0 Å². The monoisotopic (exact) mass is 380 g/mol. The molecule has 0 N–H and O–H groups in total. The fourth-order valence-corrected chi connectivity index (χ4v) is 3.35. The van der Waals surface area contributed by atoms with Crippen molar-refractivity contribution >= 4 is 34.6 Å². The molecular formula is C21H20N2O3S. The Morgan fingerprint density at radius 3 is 2.52 bits per heavy atom. The van der Waals surface area contributed by atoms with Crippen LogP contribution in [0.2, 0.25) is 0 Å². The molecule has 1 amide bonds. The third-order valence-electron chi connectivity index (χ3n) is 3.91. The Hall–Kier alpha value is -2.99. The van der Waals surface area contributed by atoms with Gasteiger partial charge in [0.05, 0.1) is 19.9 Å². The van der Waals surface area contributed by atoms with Crippen LogP contribution in [-0.2, 0) is 4.79 Å². The number of carbonyl (C=O) groups excluding carboxylic acids is 1. The van der Waals surface area contributed by atoms with E-state index in [-0.39, 0.29) is 5.91 Å². The minimum absolute atomic E-state index is 0.193. The second-order valence-electron chi connectivity index (χ2n) is 5.61. The number of thioether (sulfide) groups is 1. The molecule has 2 aromatic carbocycles. The normalized spacial score (nSPS) is 15.0. The van der Waals surface area contributed by atoms with E-state index >= 15 is 0 Å². The molecule has 0 radical (unpaired) electrons.